The van der Waals surface area contributed by atoms with Crippen LogP contribution in [-0.2, 0) is 19.2 Å². The van der Waals surface area contributed by atoms with Crippen LogP contribution in [0.4, 0.5) is 4.79 Å². The first kappa shape index (κ1) is 37.4. The van der Waals surface area contributed by atoms with Gasteiger partial charge in [-0.3, -0.25) is 24.0 Å². The van der Waals surface area contributed by atoms with E-state index in [9.17, 15) is 28.8 Å². The van der Waals surface area contributed by atoms with Crippen molar-refractivity contribution in [1.29, 1.82) is 0 Å². The van der Waals surface area contributed by atoms with Gasteiger partial charge in [-0.25, -0.2) is 4.79 Å². The summed E-state index contributed by atoms with van der Waals surface area (Å²) in [6, 6.07) is 4.48. The molecule has 2 aliphatic rings. The number of nitrogens with zero attached hydrogens (tertiary/aromatic N) is 1. The summed E-state index contributed by atoms with van der Waals surface area (Å²) < 4.78 is 0. The maximum atomic E-state index is 13.9. The van der Waals surface area contributed by atoms with Crippen LogP contribution in [0.25, 0.3) is 0 Å². The zero-order valence-corrected chi connectivity index (χ0v) is 27.8. The van der Waals surface area contributed by atoms with Crippen LogP contribution in [0.15, 0.2) is 30.3 Å². The van der Waals surface area contributed by atoms with Gasteiger partial charge in [-0.15, -0.1) is 0 Å². The molecule has 1 saturated heterocycles. The molecule has 2 fully saturated rings. The number of primary amides is 1. The second kappa shape index (κ2) is 18.3. The molecule has 45 heavy (non-hydrogen) atoms. The predicted octanol–water partition coefficient (Wildman–Crippen LogP) is 3.74. The van der Waals surface area contributed by atoms with Gasteiger partial charge >= 0.3 is 6.03 Å². The topological polar surface area (TPSA) is 168 Å². The Kier molecular flexibility index (Phi) is 15.2. The molecule has 4 atom stereocenters. The number of nitrogens with one attached hydrogen (secondary N) is 3. The van der Waals surface area contributed by atoms with E-state index in [2.05, 4.69) is 36.7 Å². The van der Waals surface area contributed by atoms with Crippen LogP contribution in [0.1, 0.15) is 103 Å². The molecule has 1 aromatic carbocycles. The summed E-state index contributed by atoms with van der Waals surface area (Å²) in [4.78, 5) is 77.8. The highest BCUT2D eigenvalue weighted by atomic mass is 16.2. The molecule has 0 aromatic heterocycles. The molecule has 5 N–H and O–H groups in total. The number of hydrogen-bond acceptors (Lipinski definition) is 6. The molecule has 4 unspecified atom stereocenters. The standard InChI is InChI=1S/C29H41N5O6.C5H12/c1-17(2)22(25(36)20-13-8-5-9-14-20)32-29(40)33-23(19-11-6-4-7-12-19)28(39)34-16-10-15-21(34)27(38)31-18(3)24(35)26(30)37;1-4-5(2)3/h5,8-9,13-14,17-19,21-23H,4,6-7,10-12,15-16H2,1-3H3,(H2,30,37)(H,31,38)(H2,32,33,40);5H,4H2,1-3H3. The van der Waals surface area contributed by atoms with Gasteiger partial charge in [0.15, 0.2) is 5.78 Å². The van der Waals surface area contributed by atoms with Crippen molar-refractivity contribution >= 4 is 35.3 Å². The van der Waals surface area contributed by atoms with Crippen LogP contribution in [0.5, 0.6) is 0 Å². The summed E-state index contributed by atoms with van der Waals surface area (Å²) in [6.07, 6.45) is 6.67. The van der Waals surface area contributed by atoms with E-state index in [0.29, 0.717) is 24.9 Å². The number of hydrogen-bond donors (Lipinski definition) is 4. The molecule has 0 spiro atoms. The maximum Gasteiger partial charge on any atom is 0.316 e. The van der Waals surface area contributed by atoms with E-state index in [0.717, 1.165) is 38.0 Å². The minimum Gasteiger partial charge on any atom is -0.363 e. The van der Waals surface area contributed by atoms with Crippen molar-refractivity contribution in [2.75, 3.05) is 6.54 Å². The van der Waals surface area contributed by atoms with Crippen LogP contribution in [-0.4, -0.2) is 70.9 Å². The Labute approximate surface area is 267 Å². The number of carbonyl (C=O) groups is 6. The number of ketones is 2. The highest BCUT2D eigenvalue weighted by molar-refractivity contribution is 6.37. The Morgan fingerprint density at radius 1 is 0.844 bits per heavy atom. The van der Waals surface area contributed by atoms with Gasteiger partial charge in [0.05, 0.1) is 12.1 Å². The Balaban J connectivity index is 0.00000130. The summed E-state index contributed by atoms with van der Waals surface area (Å²) in [5, 5.41) is 8.12. The molecule has 3 rings (SSSR count). The fraction of sp³-hybridized carbons (Fsp3) is 0.647. The first-order valence-electron chi connectivity index (χ1n) is 16.4. The molecule has 1 aliphatic carbocycles. The van der Waals surface area contributed by atoms with Crippen molar-refractivity contribution in [3.63, 3.8) is 0 Å². The lowest BCUT2D eigenvalue weighted by atomic mass is 9.83. The van der Waals surface area contributed by atoms with E-state index in [1.807, 2.05) is 19.9 Å². The molecule has 250 valence electrons. The third-order valence-electron chi connectivity index (χ3n) is 8.62. The van der Waals surface area contributed by atoms with Gasteiger partial charge in [-0.1, -0.05) is 90.6 Å². The van der Waals surface area contributed by atoms with Crippen LogP contribution in [0.2, 0.25) is 0 Å². The van der Waals surface area contributed by atoms with Crippen LogP contribution >= 0.6 is 0 Å². The Morgan fingerprint density at radius 3 is 1.98 bits per heavy atom. The second-order valence-electron chi connectivity index (χ2n) is 12.9. The fourth-order valence-corrected chi connectivity index (χ4v) is 5.56. The van der Waals surface area contributed by atoms with E-state index in [-0.39, 0.29) is 23.5 Å². The number of rotatable bonds is 12. The van der Waals surface area contributed by atoms with Gasteiger partial charge in [0.1, 0.15) is 12.1 Å². The number of carbonyl (C=O) groups excluding carboxylic acids is 6. The Morgan fingerprint density at radius 2 is 1.44 bits per heavy atom. The Bertz CT molecular complexity index is 1160. The molecule has 11 heteroatoms. The number of amides is 5. The van der Waals surface area contributed by atoms with Crippen molar-refractivity contribution in [2.45, 2.75) is 117 Å². The van der Waals surface area contributed by atoms with E-state index >= 15 is 0 Å². The highest BCUT2D eigenvalue weighted by Crippen LogP contribution is 2.29. The lowest BCUT2D eigenvalue weighted by molar-refractivity contribution is -0.142. The fourth-order valence-electron chi connectivity index (χ4n) is 5.56. The summed E-state index contributed by atoms with van der Waals surface area (Å²) in [5.74, 6) is -2.64. The van der Waals surface area contributed by atoms with E-state index in [1.165, 1.54) is 18.2 Å². The monoisotopic (exact) mass is 627 g/mol. The van der Waals surface area contributed by atoms with E-state index < -0.39 is 47.8 Å². The quantitative estimate of drug-likeness (QED) is 0.203. The number of benzene rings is 1. The molecule has 0 radical (unpaired) electrons. The van der Waals surface area contributed by atoms with Gasteiger partial charge in [-0.05, 0) is 50.4 Å². The lowest BCUT2D eigenvalue weighted by Gasteiger charge is -2.35. The summed E-state index contributed by atoms with van der Waals surface area (Å²) in [6.45, 7) is 12.0. The first-order chi connectivity index (χ1) is 21.3. The van der Waals surface area contributed by atoms with Crippen molar-refractivity contribution in [3.8, 4) is 0 Å². The summed E-state index contributed by atoms with van der Waals surface area (Å²) in [7, 11) is 0. The van der Waals surface area contributed by atoms with Gasteiger partial charge in [0, 0.05) is 12.1 Å². The van der Waals surface area contributed by atoms with Gasteiger partial charge < -0.3 is 26.6 Å². The minimum atomic E-state index is -1.15. The van der Waals surface area contributed by atoms with E-state index in [4.69, 9.17) is 5.73 Å². The second-order valence-corrected chi connectivity index (χ2v) is 12.9. The number of nitrogens with two attached hydrogens (primary N) is 1. The number of urea groups is 1. The van der Waals surface area contributed by atoms with E-state index in [1.54, 1.807) is 24.3 Å². The van der Waals surface area contributed by atoms with Crippen molar-refractivity contribution < 1.29 is 28.8 Å². The zero-order valence-electron chi connectivity index (χ0n) is 27.8. The molecule has 1 aliphatic heterocycles. The molecule has 1 aromatic rings. The van der Waals surface area contributed by atoms with Crippen molar-refractivity contribution in [2.24, 2.45) is 23.5 Å². The third kappa shape index (κ3) is 11.3. The van der Waals surface area contributed by atoms with Crippen LogP contribution in [0, 0.1) is 17.8 Å². The molecule has 1 heterocycles. The average molecular weight is 628 g/mol. The predicted molar refractivity (Wildman–Crippen MR) is 173 cm³/mol. The molecule has 1 saturated carbocycles. The molecule has 11 nitrogen and oxygen atoms in total. The number of Topliss-reactive ketones (excluding diaryl/α,β-unsaturated/α-hetero) is 2. The SMILES string of the molecule is CC(NC(=O)C1CCCN1C(=O)C(NC(=O)NC(C(=O)c1ccccc1)C(C)C)C1CCCCC1)C(=O)C(N)=O.CCC(C)C. The average Bonchev–Trinajstić information content (AvgIpc) is 3.53. The van der Waals surface area contributed by atoms with Gasteiger partial charge in [0.2, 0.25) is 17.6 Å². The smallest absolute Gasteiger partial charge is 0.316 e. The minimum absolute atomic E-state index is 0.117. The number of likely N-dealkylation sites (tertiary alicyclic amines) is 1. The zero-order chi connectivity index (χ0) is 33.7. The van der Waals surface area contributed by atoms with Crippen molar-refractivity contribution in [3.05, 3.63) is 35.9 Å². The third-order valence-corrected chi connectivity index (χ3v) is 8.62. The highest BCUT2D eigenvalue weighted by Gasteiger charge is 2.41. The summed E-state index contributed by atoms with van der Waals surface area (Å²) >= 11 is 0. The molecule has 5 amide bonds. The summed E-state index contributed by atoms with van der Waals surface area (Å²) in [5.41, 5.74) is 5.53. The molecule has 0 bridgehead atoms. The molecular formula is C34H53N5O6. The van der Waals surface area contributed by atoms with Crippen LogP contribution in [0.3, 0.4) is 0 Å². The van der Waals surface area contributed by atoms with Crippen molar-refractivity contribution in [1.82, 2.24) is 20.9 Å². The normalized spacial score (nSPS) is 18.7. The lowest BCUT2D eigenvalue weighted by Crippen LogP contribution is -2.59. The molecular weight excluding hydrogens is 574 g/mol. The van der Waals surface area contributed by atoms with Gasteiger partial charge in [0.25, 0.3) is 5.91 Å². The van der Waals surface area contributed by atoms with Crippen LogP contribution < -0.4 is 21.7 Å². The maximum absolute atomic E-state index is 13.9. The first-order valence-corrected chi connectivity index (χ1v) is 16.4. The largest absolute Gasteiger partial charge is 0.363 e. The van der Waals surface area contributed by atoms with Gasteiger partial charge in [-0.2, -0.15) is 0 Å². The Hall–Kier alpha value is -3.76.